The first kappa shape index (κ1) is 22.8. The topological polar surface area (TPSA) is 69.0 Å². The number of hydrogen-bond donors (Lipinski definition) is 1. The average molecular weight is 483 g/mol. The summed E-state index contributed by atoms with van der Waals surface area (Å²) in [5.74, 6) is 0.855. The lowest BCUT2D eigenvalue weighted by Gasteiger charge is -2.12. The molecular weight excluding hydrogens is 463 g/mol. The van der Waals surface area contributed by atoms with E-state index in [2.05, 4.69) is 15.5 Å². The van der Waals surface area contributed by atoms with Gasteiger partial charge in [0.25, 0.3) is 0 Å². The number of hydrogen-bond acceptors (Lipinski definition) is 5. The molecule has 1 N–H and O–H groups in total. The van der Waals surface area contributed by atoms with E-state index < -0.39 is 0 Å². The predicted molar refractivity (Wildman–Crippen MR) is 129 cm³/mol. The molecule has 0 aliphatic carbocycles. The summed E-state index contributed by atoms with van der Waals surface area (Å²) in [6.07, 6.45) is 0. The Kier molecular flexibility index (Phi) is 7.26. The predicted octanol–water partition coefficient (Wildman–Crippen LogP) is 5.86. The quantitative estimate of drug-likeness (QED) is 0.319. The van der Waals surface area contributed by atoms with Gasteiger partial charge in [-0.05, 0) is 67.6 Å². The summed E-state index contributed by atoms with van der Waals surface area (Å²) in [6, 6.07) is 20.5. The molecule has 0 saturated heterocycles. The highest BCUT2D eigenvalue weighted by atomic mass is 35.5. The maximum Gasteiger partial charge on any atom is 0.234 e. The molecule has 0 atom stereocenters. The minimum Gasteiger partial charge on any atom is -0.494 e. The number of anilines is 1. The van der Waals surface area contributed by atoms with Gasteiger partial charge >= 0.3 is 0 Å². The van der Waals surface area contributed by atoms with E-state index in [9.17, 15) is 9.18 Å². The lowest BCUT2D eigenvalue weighted by atomic mass is 10.2. The maximum absolute atomic E-state index is 13.1. The first-order valence-corrected chi connectivity index (χ1v) is 11.5. The average Bonchev–Trinajstić information content (AvgIpc) is 3.24. The number of halogens is 2. The zero-order valence-corrected chi connectivity index (χ0v) is 19.2. The van der Waals surface area contributed by atoms with Crippen LogP contribution in [0.1, 0.15) is 6.92 Å². The van der Waals surface area contributed by atoms with Gasteiger partial charge in [0.05, 0.1) is 12.4 Å². The fourth-order valence-electron chi connectivity index (χ4n) is 3.13. The summed E-state index contributed by atoms with van der Waals surface area (Å²) in [6.45, 7) is 2.50. The van der Waals surface area contributed by atoms with Gasteiger partial charge in [0.1, 0.15) is 11.6 Å². The first-order valence-electron chi connectivity index (χ1n) is 10.2. The number of nitrogens with one attached hydrogen (secondary N) is 1. The van der Waals surface area contributed by atoms with Crippen LogP contribution in [0.4, 0.5) is 10.1 Å². The van der Waals surface area contributed by atoms with Crippen molar-refractivity contribution in [3.63, 3.8) is 0 Å². The van der Waals surface area contributed by atoms with Gasteiger partial charge in [0.2, 0.25) is 5.91 Å². The van der Waals surface area contributed by atoms with Crippen LogP contribution in [0.25, 0.3) is 17.1 Å². The largest absolute Gasteiger partial charge is 0.494 e. The van der Waals surface area contributed by atoms with Crippen LogP contribution >= 0.6 is 23.4 Å². The molecule has 0 aliphatic rings. The molecule has 33 heavy (non-hydrogen) atoms. The Hall–Kier alpha value is -3.36. The lowest BCUT2D eigenvalue weighted by molar-refractivity contribution is -0.113. The third-order valence-electron chi connectivity index (χ3n) is 4.58. The van der Waals surface area contributed by atoms with Crippen LogP contribution in [0.5, 0.6) is 5.75 Å². The van der Waals surface area contributed by atoms with E-state index in [-0.39, 0.29) is 17.5 Å². The van der Waals surface area contributed by atoms with Crippen molar-refractivity contribution in [2.75, 3.05) is 17.7 Å². The third kappa shape index (κ3) is 5.71. The molecule has 1 amide bonds. The fraction of sp³-hybridized carbons (Fsp3) is 0.125. The molecule has 1 aromatic heterocycles. The Morgan fingerprint density at radius 2 is 1.85 bits per heavy atom. The molecule has 0 fully saturated rings. The molecule has 168 valence electrons. The Bertz CT molecular complexity index is 1250. The van der Waals surface area contributed by atoms with Gasteiger partial charge in [-0.25, -0.2) is 4.39 Å². The Balaban J connectivity index is 1.60. The van der Waals surface area contributed by atoms with Crippen molar-refractivity contribution in [2.45, 2.75) is 12.1 Å². The van der Waals surface area contributed by atoms with Crippen molar-refractivity contribution >= 4 is 35.0 Å². The molecule has 4 rings (SSSR count). The van der Waals surface area contributed by atoms with Crippen LogP contribution in [-0.2, 0) is 4.79 Å². The molecule has 0 unspecified atom stereocenters. The van der Waals surface area contributed by atoms with Gasteiger partial charge in [-0.15, -0.1) is 10.2 Å². The van der Waals surface area contributed by atoms with Gasteiger partial charge < -0.3 is 10.1 Å². The zero-order valence-electron chi connectivity index (χ0n) is 17.7. The molecule has 0 spiro atoms. The molecule has 1 heterocycles. The minimum atomic E-state index is -0.362. The fourth-order valence-corrected chi connectivity index (χ4v) is 4.07. The maximum atomic E-state index is 13.1. The van der Waals surface area contributed by atoms with Crippen LogP contribution in [0.2, 0.25) is 5.02 Å². The van der Waals surface area contributed by atoms with Crippen molar-refractivity contribution in [1.29, 1.82) is 0 Å². The molecule has 3 aromatic carbocycles. The number of rotatable bonds is 8. The monoisotopic (exact) mass is 482 g/mol. The summed E-state index contributed by atoms with van der Waals surface area (Å²) in [4.78, 5) is 12.4. The third-order valence-corrected chi connectivity index (χ3v) is 5.75. The Morgan fingerprint density at radius 3 is 2.55 bits per heavy atom. The highest BCUT2D eigenvalue weighted by Crippen LogP contribution is 2.30. The summed E-state index contributed by atoms with van der Waals surface area (Å²) in [5.41, 5.74) is 2.14. The first-order chi connectivity index (χ1) is 16.0. The highest BCUT2D eigenvalue weighted by molar-refractivity contribution is 7.99. The summed E-state index contributed by atoms with van der Waals surface area (Å²) in [7, 11) is 0. The van der Waals surface area contributed by atoms with Gasteiger partial charge in [0, 0.05) is 22.0 Å². The number of ether oxygens (including phenoxy) is 1. The van der Waals surface area contributed by atoms with Gasteiger partial charge in [-0.3, -0.25) is 9.36 Å². The van der Waals surface area contributed by atoms with E-state index in [1.807, 2.05) is 54.0 Å². The smallest absolute Gasteiger partial charge is 0.234 e. The standard InChI is InChI=1S/C24H20ClFN4O2S/c1-2-32-21-12-10-20(11-13-21)30-23(16-4-3-5-17(25)14-16)28-29-24(30)33-15-22(31)27-19-8-6-18(26)7-9-19/h3-14H,2,15H2,1H3,(H,27,31). The Morgan fingerprint density at radius 1 is 1.09 bits per heavy atom. The van der Waals surface area contributed by atoms with Crippen molar-refractivity contribution in [3.05, 3.63) is 83.6 Å². The van der Waals surface area contributed by atoms with Crippen molar-refractivity contribution in [2.24, 2.45) is 0 Å². The van der Waals surface area contributed by atoms with E-state index >= 15 is 0 Å². The summed E-state index contributed by atoms with van der Waals surface area (Å²) >= 11 is 7.43. The molecule has 0 saturated carbocycles. The molecule has 6 nitrogen and oxygen atoms in total. The molecule has 4 aromatic rings. The number of nitrogens with zero attached hydrogens (tertiary/aromatic N) is 3. The second kappa shape index (κ2) is 10.5. The van der Waals surface area contributed by atoms with E-state index in [1.54, 1.807) is 6.07 Å². The number of carbonyl (C=O) groups excluding carboxylic acids is 1. The second-order valence-electron chi connectivity index (χ2n) is 6.92. The van der Waals surface area contributed by atoms with Crippen LogP contribution in [0.3, 0.4) is 0 Å². The Labute approximate surface area is 199 Å². The SMILES string of the molecule is CCOc1ccc(-n2c(SCC(=O)Nc3ccc(F)cc3)nnc2-c2cccc(Cl)c2)cc1. The molecule has 0 aliphatic heterocycles. The van der Waals surface area contributed by atoms with Gasteiger partial charge in [0.15, 0.2) is 11.0 Å². The summed E-state index contributed by atoms with van der Waals surface area (Å²) < 4.78 is 20.5. The number of benzene rings is 3. The molecule has 0 bridgehead atoms. The molecular formula is C24H20ClFN4O2S. The van der Waals surface area contributed by atoms with Crippen molar-refractivity contribution in [3.8, 4) is 22.8 Å². The highest BCUT2D eigenvalue weighted by Gasteiger charge is 2.18. The number of aromatic nitrogens is 3. The minimum absolute atomic E-state index is 0.0993. The molecule has 0 radical (unpaired) electrons. The van der Waals surface area contributed by atoms with E-state index in [0.717, 1.165) is 17.0 Å². The second-order valence-corrected chi connectivity index (χ2v) is 8.30. The zero-order chi connectivity index (χ0) is 23.2. The van der Waals surface area contributed by atoms with Crippen LogP contribution in [0.15, 0.2) is 78.0 Å². The van der Waals surface area contributed by atoms with Gasteiger partial charge in [-0.2, -0.15) is 0 Å². The van der Waals surface area contributed by atoms with Crippen LogP contribution < -0.4 is 10.1 Å². The van der Waals surface area contributed by atoms with Crippen LogP contribution in [0, 0.1) is 5.82 Å². The van der Waals surface area contributed by atoms with Gasteiger partial charge in [-0.1, -0.05) is 35.5 Å². The molecule has 9 heteroatoms. The van der Waals surface area contributed by atoms with Crippen molar-refractivity contribution in [1.82, 2.24) is 14.8 Å². The number of amides is 1. The normalized spacial score (nSPS) is 10.8. The lowest BCUT2D eigenvalue weighted by Crippen LogP contribution is -2.14. The van der Waals surface area contributed by atoms with Crippen molar-refractivity contribution < 1.29 is 13.9 Å². The van der Waals surface area contributed by atoms with E-state index in [0.29, 0.717) is 28.3 Å². The van der Waals surface area contributed by atoms with E-state index in [1.165, 1.54) is 36.0 Å². The van der Waals surface area contributed by atoms with E-state index in [4.69, 9.17) is 16.3 Å². The number of thioether (sulfide) groups is 1. The summed E-state index contributed by atoms with van der Waals surface area (Å²) in [5, 5.41) is 12.6. The number of carbonyl (C=O) groups is 1. The van der Waals surface area contributed by atoms with Crippen LogP contribution in [-0.4, -0.2) is 33.0 Å².